The minimum absolute atomic E-state index is 0.106. The quantitative estimate of drug-likeness (QED) is 0.818. The highest BCUT2D eigenvalue weighted by Gasteiger charge is 2.27. The van der Waals surface area contributed by atoms with Crippen molar-refractivity contribution in [2.45, 2.75) is 26.3 Å². The lowest BCUT2D eigenvalue weighted by Crippen LogP contribution is -2.37. The number of anilines is 1. The van der Waals surface area contributed by atoms with Gasteiger partial charge in [-0.1, -0.05) is 18.2 Å². The van der Waals surface area contributed by atoms with Crippen molar-refractivity contribution in [3.63, 3.8) is 0 Å². The number of carbonyl (C=O) groups is 2. The molecule has 23 heavy (non-hydrogen) atoms. The Labute approximate surface area is 136 Å². The molecule has 0 bridgehead atoms. The minimum Gasteiger partial charge on any atom is -0.369 e. The van der Waals surface area contributed by atoms with E-state index in [9.17, 15) is 9.59 Å². The summed E-state index contributed by atoms with van der Waals surface area (Å²) in [5.41, 5.74) is 2.88. The summed E-state index contributed by atoms with van der Waals surface area (Å²) < 4.78 is 0. The van der Waals surface area contributed by atoms with Gasteiger partial charge in [0, 0.05) is 38.3 Å². The Bertz CT molecular complexity index is 769. The van der Waals surface area contributed by atoms with E-state index >= 15 is 0 Å². The Morgan fingerprint density at radius 1 is 1.30 bits per heavy atom. The smallest absolute Gasteiger partial charge is 0.219 e. The molecular formula is C19H22N2O2. The molecule has 2 aromatic carbocycles. The van der Waals surface area contributed by atoms with Crippen LogP contribution in [0.15, 0.2) is 30.3 Å². The minimum atomic E-state index is 0.106. The van der Waals surface area contributed by atoms with Crippen LogP contribution in [0.4, 0.5) is 5.69 Å². The maximum atomic E-state index is 11.5. The molecule has 1 saturated heterocycles. The summed E-state index contributed by atoms with van der Waals surface area (Å²) in [4.78, 5) is 27.1. The first kappa shape index (κ1) is 15.5. The molecule has 0 radical (unpaired) electrons. The summed E-state index contributed by atoms with van der Waals surface area (Å²) >= 11 is 0. The molecule has 1 aliphatic rings. The fourth-order valence-corrected chi connectivity index (χ4v) is 3.34. The number of benzene rings is 2. The van der Waals surface area contributed by atoms with Crippen LogP contribution in [-0.2, 0) is 4.79 Å². The van der Waals surface area contributed by atoms with Gasteiger partial charge in [-0.05, 0) is 41.8 Å². The van der Waals surface area contributed by atoms with Crippen LogP contribution in [0.25, 0.3) is 10.8 Å². The SMILES string of the molecule is CC(=O)N(C)C1CCN(c2ccc3ccc(C)c(C=O)c3c2)C1. The molecule has 1 heterocycles. The van der Waals surface area contributed by atoms with E-state index in [0.717, 1.165) is 53.4 Å². The third-order valence-electron chi connectivity index (χ3n) is 4.96. The lowest BCUT2D eigenvalue weighted by Gasteiger charge is -2.24. The second kappa shape index (κ2) is 6.03. The predicted molar refractivity (Wildman–Crippen MR) is 93.1 cm³/mol. The lowest BCUT2D eigenvalue weighted by molar-refractivity contribution is -0.129. The van der Waals surface area contributed by atoms with E-state index in [1.165, 1.54) is 0 Å². The zero-order valence-corrected chi connectivity index (χ0v) is 13.9. The summed E-state index contributed by atoms with van der Waals surface area (Å²) in [6.07, 6.45) is 1.92. The Kier molecular flexibility index (Phi) is 4.07. The largest absolute Gasteiger partial charge is 0.369 e. The van der Waals surface area contributed by atoms with Crippen LogP contribution >= 0.6 is 0 Å². The van der Waals surface area contributed by atoms with Crippen LogP contribution in [0, 0.1) is 6.92 Å². The molecule has 0 aliphatic carbocycles. The lowest BCUT2D eigenvalue weighted by atomic mass is 10.00. The zero-order valence-electron chi connectivity index (χ0n) is 13.9. The maximum Gasteiger partial charge on any atom is 0.219 e. The number of fused-ring (bicyclic) bond motifs is 1. The van der Waals surface area contributed by atoms with Gasteiger partial charge in [0.05, 0.1) is 6.04 Å². The molecule has 1 amide bonds. The van der Waals surface area contributed by atoms with E-state index in [1.54, 1.807) is 6.92 Å². The zero-order chi connectivity index (χ0) is 16.6. The van der Waals surface area contributed by atoms with Crippen molar-refractivity contribution in [3.05, 3.63) is 41.5 Å². The first-order valence-electron chi connectivity index (χ1n) is 7.98. The van der Waals surface area contributed by atoms with Gasteiger partial charge in [0.2, 0.25) is 5.91 Å². The van der Waals surface area contributed by atoms with Gasteiger partial charge in [0.25, 0.3) is 0 Å². The van der Waals surface area contributed by atoms with Crippen molar-refractivity contribution >= 4 is 28.7 Å². The first-order chi connectivity index (χ1) is 11.0. The molecule has 1 unspecified atom stereocenters. The molecule has 0 aromatic heterocycles. The van der Waals surface area contributed by atoms with E-state index in [2.05, 4.69) is 29.2 Å². The molecule has 4 nitrogen and oxygen atoms in total. The number of aldehydes is 1. The van der Waals surface area contributed by atoms with Crippen LogP contribution in [0.3, 0.4) is 0 Å². The number of rotatable bonds is 3. The van der Waals surface area contributed by atoms with E-state index in [-0.39, 0.29) is 11.9 Å². The molecule has 4 heteroatoms. The summed E-state index contributed by atoms with van der Waals surface area (Å²) in [6.45, 7) is 5.33. The first-order valence-corrected chi connectivity index (χ1v) is 7.98. The summed E-state index contributed by atoms with van der Waals surface area (Å²) in [5, 5.41) is 2.08. The summed E-state index contributed by atoms with van der Waals surface area (Å²) in [7, 11) is 1.87. The number of hydrogen-bond donors (Lipinski definition) is 0. The molecule has 120 valence electrons. The van der Waals surface area contributed by atoms with Crippen molar-refractivity contribution in [3.8, 4) is 0 Å². The summed E-state index contributed by atoms with van der Waals surface area (Å²) in [6, 6.07) is 10.6. The Balaban J connectivity index is 1.92. The standard InChI is InChI=1S/C19H22N2O2/c1-13-4-5-15-6-7-16(10-18(15)19(13)12-22)21-9-8-17(11-21)20(3)14(2)23/h4-7,10,12,17H,8-9,11H2,1-3H3. The van der Waals surface area contributed by atoms with E-state index in [0.29, 0.717) is 0 Å². The average molecular weight is 310 g/mol. The molecule has 1 atom stereocenters. The van der Waals surface area contributed by atoms with E-state index in [4.69, 9.17) is 0 Å². The molecule has 1 fully saturated rings. The Hall–Kier alpha value is -2.36. The fourth-order valence-electron chi connectivity index (χ4n) is 3.34. The number of aryl methyl sites for hydroxylation is 1. The van der Waals surface area contributed by atoms with Crippen LogP contribution in [0.5, 0.6) is 0 Å². The molecular weight excluding hydrogens is 288 g/mol. The van der Waals surface area contributed by atoms with Crippen LogP contribution in [-0.4, -0.2) is 43.3 Å². The molecule has 0 saturated carbocycles. The topological polar surface area (TPSA) is 40.6 Å². The van der Waals surface area contributed by atoms with Gasteiger partial charge < -0.3 is 9.80 Å². The monoisotopic (exact) mass is 310 g/mol. The van der Waals surface area contributed by atoms with Crippen LogP contribution in [0.2, 0.25) is 0 Å². The second-order valence-electron chi connectivity index (χ2n) is 6.34. The molecule has 0 spiro atoms. The summed E-state index contributed by atoms with van der Waals surface area (Å²) in [5.74, 6) is 0.106. The normalized spacial score (nSPS) is 17.5. The highest BCUT2D eigenvalue weighted by molar-refractivity contribution is 6.00. The second-order valence-corrected chi connectivity index (χ2v) is 6.34. The third kappa shape index (κ3) is 2.81. The van der Waals surface area contributed by atoms with Crippen LogP contribution in [0.1, 0.15) is 29.3 Å². The number of likely N-dealkylation sites (N-methyl/N-ethyl adjacent to an activating group) is 1. The molecule has 0 N–H and O–H groups in total. The van der Waals surface area contributed by atoms with Crippen molar-refractivity contribution in [1.82, 2.24) is 4.90 Å². The van der Waals surface area contributed by atoms with E-state index < -0.39 is 0 Å². The van der Waals surface area contributed by atoms with Gasteiger partial charge in [-0.2, -0.15) is 0 Å². The average Bonchev–Trinajstić information content (AvgIpc) is 3.03. The highest BCUT2D eigenvalue weighted by Crippen LogP contribution is 2.29. The molecule has 2 aromatic rings. The maximum absolute atomic E-state index is 11.5. The Morgan fingerprint density at radius 3 is 2.74 bits per heavy atom. The van der Waals surface area contributed by atoms with Crippen molar-refractivity contribution in [2.75, 3.05) is 25.0 Å². The number of carbonyl (C=O) groups excluding carboxylic acids is 2. The molecule has 3 rings (SSSR count). The van der Waals surface area contributed by atoms with Crippen molar-refractivity contribution in [2.24, 2.45) is 0 Å². The third-order valence-corrected chi connectivity index (χ3v) is 4.96. The van der Waals surface area contributed by atoms with Gasteiger partial charge in [-0.25, -0.2) is 0 Å². The highest BCUT2D eigenvalue weighted by atomic mass is 16.2. The van der Waals surface area contributed by atoms with Crippen LogP contribution < -0.4 is 4.90 Å². The molecule has 1 aliphatic heterocycles. The predicted octanol–water partition coefficient (Wildman–Crippen LogP) is 3.02. The van der Waals surface area contributed by atoms with Gasteiger partial charge in [-0.15, -0.1) is 0 Å². The van der Waals surface area contributed by atoms with Gasteiger partial charge in [0.1, 0.15) is 0 Å². The van der Waals surface area contributed by atoms with Gasteiger partial charge in [0.15, 0.2) is 6.29 Å². The van der Waals surface area contributed by atoms with Crippen molar-refractivity contribution < 1.29 is 9.59 Å². The van der Waals surface area contributed by atoms with Gasteiger partial charge >= 0.3 is 0 Å². The van der Waals surface area contributed by atoms with Gasteiger partial charge in [-0.3, -0.25) is 9.59 Å². The Morgan fingerprint density at radius 2 is 2.04 bits per heavy atom. The number of hydrogen-bond acceptors (Lipinski definition) is 3. The number of amides is 1. The fraction of sp³-hybridized carbons (Fsp3) is 0.368. The number of nitrogens with zero attached hydrogens (tertiary/aromatic N) is 2. The van der Waals surface area contributed by atoms with E-state index in [1.807, 2.05) is 24.9 Å². The van der Waals surface area contributed by atoms with Crippen molar-refractivity contribution in [1.29, 1.82) is 0 Å².